The van der Waals surface area contributed by atoms with E-state index in [0.717, 1.165) is 63.8 Å². The Morgan fingerprint density at radius 1 is 1.30 bits per heavy atom. The smallest absolute Gasteiger partial charge is 0.125 e. The number of anilines is 1. The van der Waals surface area contributed by atoms with E-state index < -0.39 is 0 Å². The molecule has 3 aliphatic rings. The van der Waals surface area contributed by atoms with E-state index in [-0.39, 0.29) is 11.3 Å². The van der Waals surface area contributed by atoms with Crippen LogP contribution in [0.5, 0.6) is 5.75 Å². The summed E-state index contributed by atoms with van der Waals surface area (Å²) in [5.74, 6) is 1.51. The zero-order valence-corrected chi connectivity index (χ0v) is 17.9. The molecule has 3 fully saturated rings. The fourth-order valence-corrected chi connectivity index (χ4v) is 3.86. The van der Waals surface area contributed by atoms with Crippen LogP contribution in [-0.4, -0.2) is 79.4 Å². The number of hydrogen-bond acceptors (Lipinski definition) is 7. The van der Waals surface area contributed by atoms with E-state index in [1.54, 1.807) is 19.2 Å². The molecule has 4 rings (SSSR count). The summed E-state index contributed by atoms with van der Waals surface area (Å²) in [5, 5.41) is 8.58. The van der Waals surface area contributed by atoms with Crippen LogP contribution in [0.25, 0.3) is 0 Å². The number of likely N-dealkylation sites (tertiary alicyclic amines) is 1. The summed E-state index contributed by atoms with van der Waals surface area (Å²) < 4.78 is 11.5. The Kier molecular flexibility index (Phi) is 5.71. The van der Waals surface area contributed by atoms with Crippen molar-refractivity contribution in [3.8, 4) is 5.75 Å². The van der Waals surface area contributed by atoms with Crippen LogP contribution in [-0.2, 0) is 4.74 Å². The number of rotatable bonds is 6. The summed E-state index contributed by atoms with van der Waals surface area (Å²) >= 11 is 0. The first-order chi connectivity index (χ1) is 14.4. The highest BCUT2D eigenvalue weighted by Gasteiger charge is 2.40. The van der Waals surface area contributed by atoms with E-state index in [9.17, 15) is 0 Å². The number of morpholine rings is 1. The molecule has 162 valence electrons. The fourth-order valence-electron chi connectivity index (χ4n) is 3.86. The average molecular weight is 413 g/mol. The van der Waals surface area contributed by atoms with E-state index >= 15 is 0 Å². The van der Waals surface area contributed by atoms with Crippen LogP contribution in [0.4, 0.5) is 5.69 Å². The molecule has 1 aliphatic carbocycles. The minimum atomic E-state index is -0.0898. The average Bonchev–Trinajstić information content (AvgIpc) is 3.44. The molecular weight excluding hydrogens is 380 g/mol. The number of aliphatic imine (C=N–C) groups is 1. The maximum absolute atomic E-state index is 8.58. The van der Waals surface area contributed by atoms with Gasteiger partial charge in [0.2, 0.25) is 0 Å². The highest BCUT2D eigenvalue weighted by atomic mass is 16.5. The standard InChI is InChI=1S/C22H32N6O2/c1-22(5-6-22)30-16-3-4-18(23)17(11-16)21(25)19(24)12-20(26-2)28-13-15(14-28)27-7-9-29-10-8-27/h3-4,11-12,15,25H,5-10,13-14,23-24H2,1-2H3/b19-12-,25-21?,26-20+. The van der Waals surface area contributed by atoms with Crippen LogP contribution in [0, 0.1) is 5.41 Å². The van der Waals surface area contributed by atoms with Crippen molar-refractivity contribution in [1.29, 1.82) is 5.41 Å². The Bertz CT molecular complexity index is 864. The van der Waals surface area contributed by atoms with Gasteiger partial charge in [0, 0.05) is 56.6 Å². The van der Waals surface area contributed by atoms with Gasteiger partial charge in [-0.05, 0) is 38.0 Å². The van der Waals surface area contributed by atoms with Crippen LogP contribution >= 0.6 is 0 Å². The first-order valence-corrected chi connectivity index (χ1v) is 10.6. The van der Waals surface area contributed by atoms with Gasteiger partial charge in [0.25, 0.3) is 0 Å². The van der Waals surface area contributed by atoms with Gasteiger partial charge in [0.1, 0.15) is 17.2 Å². The summed E-state index contributed by atoms with van der Waals surface area (Å²) in [6.45, 7) is 7.48. The third-order valence-electron chi connectivity index (χ3n) is 6.16. The van der Waals surface area contributed by atoms with E-state index in [1.165, 1.54) is 0 Å². The first kappa shape index (κ1) is 20.7. The molecule has 1 aromatic carbocycles. The monoisotopic (exact) mass is 412 g/mol. The highest BCUT2D eigenvalue weighted by molar-refractivity contribution is 6.16. The van der Waals surface area contributed by atoms with E-state index in [2.05, 4.69) is 21.7 Å². The van der Waals surface area contributed by atoms with Crippen molar-refractivity contribution < 1.29 is 9.47 Å². The van der Waals surface area contributed by atoms with Crippen LogP contribution in [0.2, 0.25) is 0 Å². The summed E-state index contributed by atoms with van der Waals surface area (Å²) in [7, 11) is 1.75. The lowest BCUT2D eigenvalue weighted by atomic mass is 10.0. The van der Waals surface area contributed by atoms with Gasteiger partial charge in [0.15, 0.2) is 0 Å². The number of benzene rings is 1. The molecule has 2 heterocycles. The number of allylic oxidation sites excluding steroid dienone is 1. The Morgan fingerprint density at radius 2 is 2.00 bits per heavy atom. The van der Waals surface area contributed by atoms with Gasteiger partial charge in [0.05, 0.1) is 24.6 Å². The summed E-state index contributed by atoms with van der Waals surface area (Å²) in [6, 6.07) is 5.95. The molecule has 0 radical (unpaired) electrons. The number of amidine groups is 1. The molecule has 8 nitrogen and oxygen atoms in total. The SMILES string of the molecule is C/N=C(\C=C(/N)C(=N)c1cc(OC2(C)CC2)ccc1N)N1CC(N2CCOCC2)C1. The van der Waals surface area contributed by atoms with E-state index in [0.29, 0.717) is 23.0 Å². The van der Waals surface area contributed by atoms with Gasteiger partial charge in [-0.25, -0.2) is 0 Å². The summed E-state index contributed by atoms with van der Waals surface area (Å²) in [4.78, 5) is 9.05. The lowest BCUT2D eigenvalue weighted by Gasteiger charge is -2.47. The van der Waals surface area contributed by atoms with Crippen molar-refractivity contribution in [2.45, 2.75) is 31.4 Å². The topological polar surface area (TPSA) is 113 Å². The molecular formula is C22H32N6O2. The molecule has 0 spiro atoms. The fraction of sp³-hybridized carbons (Fsp3) is 0.545. The van der Waals surface area contributed by atoms with Gasteiger partial charge in [-0.15, -0.1) is 0 Å². The zero-order valence-electron chi connectivity index (χ0n) is 17.9. The molecule has 0 bridgehead atoms. The van der Waals surface area contributed by atoms with Crippen molar-refractivity contribution in [2.24, 2.45) is 10.7 Å². The molecule has 0 unspecified atom stereocenters. The molecule has 0 atom stereocenters. The molecule has 2 saturated heterocycles. The van der Waals surface area contributed by atoms with Crippen molar-refractivity contribution in [3.05, 3.63) is 35.5 Å². The number of nitrogens with zero attached hydrogens (tertiary/aromatic N) is 3. The number of hydrogen-bond donors (Lipinski definition) is 3. The number of nitrogen functional groups attached to an aromatic ring is 1. The number of nitrogens with two attached hydrogens (primary N) is 2. The van der Waals surface area contributed by atoms with Crippen LogP contribution in [0.3, 0.4) is 0 Å². The summed E-state index contributed by atoms with van der Waals surface area (Å²) in [5.41, 5.74) is 13.9. The predicted molar refractivity (Wildman–Crippen MR) is 119 cm³/mol. The highest BCUT2D eigenvalue weighted by Crippen LogP contribution is 2.40. The normalized spacial score (nSPS) is 22.5. The summed E-state index contributed by atoms with van der Waals surface area (Å²) in [6.07, 6.45) is 3.86. The third-order valence-corrected chi connectivity index (χ3v) is 6.16. The van der Waals surface area contributed by atoms with Gasteiger partial charge >= 0.3 is 0 Å². The first-order valence-electron chi connectivity index (χ1n) is 10.6. The second kappa shape index (κ2) is 8.28. The maximum atomic E-state index is 8.58. The molecule has 30 heavy (non-hydrogen) atoms. The van der Waals surface area contributed by atoms with Gasteiger partial charge < -0.3 is 25.8 Å². The molecule has 1 aromatic rings. The molecule has 8 heteroatoms. The van der Waals surface area contributed by atoms with Gasteiger partial charge in [-0.1, -0.05) is 0 Å². The van der Waals surface area contributed by atoms with Crippen molar-refractivity contribution in [2.75, 3.05) is 52.2 Å². The minimum Gasteiger partial charge on any atom is -0.488 e. The molecule has 1 saturated carbocycles. The van der Waals surface area contributed by atoms with Gasteiger partial charge in [-0.3, -0.25) is 15.3 Å². The molecule has 5 N–H and O–H groups in total. The molecule has 2 aliphatic heterocycles. The predicted octanol–water partition coefficient (Wildman–Crippen LogP) is 1.46. The van der Waals surface area contributed by atoms with Crippen LogP contribution in [0.1, 0.15) is 25.3 Å². The maximum Gasteiger partial charge on any atom is 0.125 e. The second-order valence-electron chi connectivity index (χ2n) is 8.56. The van der Waals surface area contributed by atoms with Crippen LogP contribution < -0.4 is 16.2 Å². The minimum absolute atomic E-state index is 0.0898. The Balaban J connectivity index is 1.42. The Hall–Kier alpha value is -2.58. The molecule has 0 aromatic heterocycles. The number of nitrogens with one attached hydrogen (secondary N) is 1. The van der Waals surface area contributed by atoms with Crippen molar-refractivity contribution in [3.63, 3.8) is 0 Å². The Labute approximate surface area is 178 Å². The molecule has 0 amide bonds. The van der Waals surface area contributed by atoms with E-state index in [4.69, 9.17) is 26.4 Å². The quantitative estimate of drug-likeness (QED) is 0.370. The lowest BCUT2D eigenvalue weighted by molar-refractivity contribution is -0.0143. The largest absolute Gasteiger partial charge is 0.488 e. The third kappa shape index (κ3) is 4.44. The van der Waals surface area contributed by atoms with Crippen molar-refractivity contribution in [1.82, 2.24) is 9.80 Å². The lowest BCUT2D eigenvalue weighted by Crippen LogP contribution is -2.62. The van der Waals surface area contributed by atoms with Crippen molar-refractivity contribution >= 4 is 17.2 Å². The van der Waals surface area contributed by atoms with E-state index in [1.807, 2.05) is 12.1 Å². The van der Waals surface area contributed by atoms with Gasteiger partial charge in [-0.2, -0.15) is 0 Å². The zero-order chi connectivity index (χ0) is 21.3. The second-order valence-corrected chi connectivity index (χ2v) is 8.56. The number of ether oxygens (including phenoxy) is 2. The Morgan fingerprint density at radius 3 is 2.63 bits per heavy atom. The van der Waals surface area contributed by atoms with Crippen LogP contribution in [0.15, 0.2) is 35.0 Å².